The molecule has 0 atom stereocenters. The number of hydrogen-bond acceptors (Lipinski definition) is 2. The van der Waals surface area contributed by atoms with Gasteiger partial charge in [0, 0.05) is 12.7 Å². The monoisotopic (exact) mass is 202 g/mol. The van der Waals surface area contributed by atoms with Crippen molar-refractivity contribution in [2.45, 2.75) is 20.3 Å². The van der Waals surface area contributed by atoms with Crippen molar-refractivity contribution in [1.29, 1.82) is 5.26 Å². The van der Waals surface area contributed by atoms with E-state index < -0.39 is 0 Å². The molecule has 0 spiro atoms. The fourth-order valence-electron chi connectivity index (χ4n) is 1.68. The Morgan fingerprint density at radius 3 is 2.60 bits per heavy atom. The number of allylic oxidation sites excluding steroid dienone is 1. The molecule has 78 valence electrons. The second-order valence-electron chi connectivity index (χ2n) is 3.53. The van der Waals surface area contributed by atoms with Gasteiger partial charge in [-0.1, -0.05) is 6.08 Å². The van der Waals surface area contributed by atoms with E-state index in [0.29, 0.717) is 6.42 Å². The summed E-state index contributed by atoms with van der Waals surface area (Å²) in [6.45, 7) is 7.37. The summed E-state index contributed by atoms with van der Waals surface area (Å²) in [5.41, 5.74) is 2.71. The number of pyridine rings is 1. The molecule has 0 aliphatic rings. The molecule has 1 aromatic heterocycles. The van der Waals surface area contributed by atoms with Crippen molar-refractivity contribution >= 4 is 0 Å². The quantitative estimate of drug-likeness (QED) is 0.684. The second kappa shape index (κ2) is 4.14. The molecule has 1 heterocycles. The van der Waals surface area contributed by atoms with Gasteiger partial charge in [-0.2, -0.15) is 5.26 Å². The standard InChI is InChI=1S/C12H14N2O/c1-5-6-10-8(2)11(7-13)12(15)14(4)9(10)3/h5H,1,6H2,2-4H3. The van der Waals surface area contributed by atoms with Gasteiger partial charge >= 0.3 is 0 Å². The van der Waals surface area contributed by atoms with Gasteiger partial charge in [-0.05, 0) is 31.4 Å². The Hall–Kier alpha value is -1.82. The molecule has 0 bridgehead atoms. The third-order valence-corrected chi connectivity index (χ3v) is 2.75. The minimum atomic E-state index is -0.222. The van der Waals surface area contributed by atoms with E-state index in [2.05, 4.69) is 6.58 Å². The highest BCUT2D eigenvalue weighted by atomic mass is 16.1. The second-order valence-corrected chi connectivity index (χ2v) is 3.53. The van der Waals surface area contributed by atoms with E-state index in [1.807, 2.05) is 19.9 Å². The van der Waals surface area contributed by atoms with Crippen LogP contribution in [0.4, 0.5) is 0 Å². The average Bonchev–Trinajstić information content (AvgIpc) is 2.22. The van der Waals surface area contributed by atoms with Crippen LogP contribution in [0.5, 0.6) is 0 Å². The molecule has 0 radical (unpaired) electrons. The molecule has 0 saturated carbocycles. The number of nitrogens with zero attached hydrogens (tertiary/aromatic N) is 2. The van der Waals surface area contributed by atoms with Gasteiger partial charge in [-0.25, -0.2) is 0 Å². The molecule has 0 unspecified atom stereocenters. The van der Waals surface area contributed by atoms with Gasteiger partial charge in [0.05, 0.1) is 0 Å². The first kappa shape index (κ1) is 11.3. The predicted octanol–water partition coefficient (Wildman–Crippen LogP) is 1.60. The smallest absolute Gasteiger partial charge is 0.268 e. The number of aromatic nitrogens is 1. The molecular weight excluding hydrogens is 188 g/mol. The third-order valence-electron chi connectivity index (χ3n) is 2.75. The lowest BCUT2D eigenvalue weighted by molar-refractivity contribution is 0.792. The minimum absolute atomic E-state index is 0.222. The van der Waals surface area contributed by atoms with Crippen LogP contribution in [0.2, 0.25) is 0 Å². The molecule has 0 aliphatic heterocycles. The molecule has 1 aromatic rings. The first-order chi connectivity index (χ1) is 7.04. The molecule has 0 aromatic carbocycles. The summed E-state index contributed by atoms with van der Waals surface area (Å²) in [6.07, 6.45) is 2.46. The van der Waals surface area contributed by atoms with Crippen LogP contribution in [0.3, 0.4) is 0 Å². The molecule has 0 aliphatic carbocycles. The fraction of sp³-hybridized carbons (Fsp3) is 0.333. The Bertz CT molecular complexity index is 504. The SMILES string of the molecule is C=CCc1c(C)c(C#N)c(=O)n(C)c1C. The molecule has 0 amide bonds. The third kappa shape index (κ3) is 1.71. The van der Waals surface area contributed by atoms with Gasteiger partial charge in [-0.3, -0.25) is 4.79 Å². The minimum Gasteiger partial charge on any atom is -0.315 e. The van der Waals surface area contributed by atoms with E-state index in [4.69, 9.17) is 5.26 Å². The zero-order valence-corrected chi connectivity index (χ0v) is 9.29. The Balaban J connectivity index is 3.69. The average molecular weight is 202 g/mol. The lowest BCUT2D eigenvalue weighted by Gasteiger charge is -2.13. The maximum atomic E-state index is 11.7. The first-order valence-electron chi connectivity index (χ1n) is 4.74. The normalized spacial score (nSPS) is 9.73. The number of rotatable bonds is 2. The van der Waals surface area contributed by atoms with E-state index >= 15 is 0 Å². The highest BCUT2D eigenvalue weighted by molar-refractivity contribution is 5.43. The van der Waals surface area contributed by atoms with Crippen LogP contribution in [-0.2, 0) is 13.5 Å². The summed E-state index contributed by atoms with van der Waals surface area (Å²) in [6, 6.07) is 1.96. The van der Waals surface area contributed by atoms with E-state index in [9.17, 15) is 4.79 Å². The predicted molar refractivity (Wildman–Crippen MR) is 59.8 cm³/mol. The van der Waals surface area contributed by atoms with Crippen molar-refractivity contribution in [2.75, 3.05) is 0 Å². The zero-order valence-electron chi connectivity index (χ0n) is 9.29. The summed E-state index contributed by atoms with van der Waals surface area (Å²) in [5.74, 6) is 0. The molecule has 3 heteroatoms. The van der Waals surface area contributed by atoms with Gasteiger partial charge in [0.1, 0.15) is 11.6 Å². The summed E-state index contributed by atoms with van der Waals surface area (Å²) < 4.78 is 1.52. The van der Waals surface area contributed by atoms with Crippen LogP contribution in [0.15, 0.2) is 17.4 Å². The van der Waals surface area contributed by atoms with Gasteiger partial charge in [-0.15, -0.1) is 6.58 Å². The van der Waals surface area contributed by atoms with Crippen LogP contribution in [-0.4, -0.2) is 4.57 Å². The Kier molecular flexibility index (Phi) is 3.11. The molecule has 3 nitrogen and oxygen atoms in total. The largest absolute Gasteiger partial charge is 0.315 e. The van der Waals surface area contributed by atoms with Gasteiger partial charge in [0.2, 0.25) is 0 Å². The number of nitriles is 1. The molecule has 15 heavy (non-hydrogen) atoms. The van der Waals surface area contributed by atoms with E-state index in [-0.39, 0.29) is 11.1 Å². The van der Waals surface area contributed by atoms with Crippen molar-refractivity contribution in [2.24, 2.45) is 7.05 Å². The van der Waals surface area contributed by atoms with Crippen LogP contribution in [0.1, 0.15) is 22.4 Å². The maximum Gasteiger partial charge on any atom is 0.268 e. The lowest BCUT2D eigenvalue weighted by atomic mass is 10.00. The highest BCUT2D eigenvalue weighted by Crippen LogP contribution is 2.15. The summed E-state index contributed by atoms with van der Waals surface area (Å²) >= 11 is 0. The lowest BCUT2D eigenvalue weighted by Crippen LogP contribution is -2.25. The molecule has 0 fully saturated rings. The van der Waals surface area contributed by atoms with Crippen molar-refractivity contribution in [1.82, 2.24) is 4.57 Å². The Morgan fingerprint density at radius 2 is 2.13 bits per heavy atom. The van der Waals surface area contributed by atoms with Crippen molar-refractivity contribution < 1.29 is 0 Å². The van der Waals surface area contributed by atoms with Crippen molar-refractivity contribution in [3.8, 4) is 6.07 Å². The van der Waals surface area contributed by atoms with Crippen molar-refractivity contribution in [3.63, 3.8) is 0 Å². The van der Waals surface area contributed by atoms with Crippen LogP contribution in [0, 0.1) is 25.2 Å². The van der Waals surface area contributed by atoms with Gasteiger partial charge < -0.3 is 4.57 Å². The first-order valence-corrected chi connectivity index (χ1v) is 4.74. The van der Waals surface area contributed by atoms with E-state index in [1.165, 1.54) is 4.57 Å². The molecule has 0 saturated heterocycles. The zero-order chi connectivity index (χ0) is 11.6. The molecule has 1 rings (SSSR count). The number of hydrogen-bond donors (Lipinski definition) is 0. The Labute approximate surface area is 89.3 Å². The molecule has 0 N–H and O–H groups in total. The van der Waals surface area contributed by atoms with E-state index in [1.54, 1.807) is 13.1 Å². The molecular formula is C12H14N2O. The van der Waals surface area contributed by atoms with Gasteiger partial charge in [0.25, 0.3) is 5.56 Å². The highest BCUT2D eigenvalue weighted by Gasteiger charge is 2.13. The summed E-state index contributed by atoms with van der Waals surface area (Å²) in [7, 11) is 1.69. The van der Waals surface area contributed by atoms with Crippen LogP contribution >= 0.6 is 0 Å². The Morgan fingerprint density at radius 1 is 1.53 bits per heavy atom. The van der Waals surface area contributed by atoms with Crippen LogP contribution < -0.4 is 5.56 Å². The fourth-order valence-corrected chi connectivity index (χ4v) is 1.68. The van der Waals surface area contributed by atoms with Crippen molar-refractivity contribution in [3.05, 3.63) is 45.4 Å². The summed E-state index contributed by atoms with van der Waals surface area (Å²) in [4.78, 5) is 11.7. The van der Waals surface area contributed by atoms with E-state index in [0.717, 1.165) is 16.8 Å². The summed E-state index contributed by atoms with van der Waals surface area (Å²) in [5, 5.41) is 8.92. The maximum absolute atomic E-state index is 11.7. The topological polar surface area (TPSA) is 45.8 Å². The van der Waals surface area contributed by atoms with Gasteiger partial charge in [0.15, 0.2) is 0 Å². The van der Waals surface area contributed by atoms with Crippen LogP contribution in [0.25, 0.3) is 0 Å².